The minimum atomic E-state index is -0.103. The van der Waals surface area contributed by atoms with E-state index >= 15 is 0 Å². The molecule has 0 bridgehead atoms. The summed E-state index contributed by atoms with van der Waals surface area (Å²) in [5.41, 5.74) is 2.66. The van der Waals surface area contributed by atoms with E-state index in [1.165, 1.54) is 5.56 Å². The van der Waals surface area contributed by atoms with Gasteiger partial charge in [-0.15, -0.1) is 0 Å². The summed E-state index contributed by atoms with van der Waals surface area (Å²) in [5.74, 6) is 2.06. The van der Waals surface area contributed by atoms with Gasteiger partial charge >= 0.3 is 0 Å². The summed E-state index contributed by atoms with van der Waals surface area (Å²) in [6.07, 6.45) is 1.80. The Morgan fingerprint density at radius 3 is 2.29 bits per heavy atom. The van der Waals surface area contributed by atoms with Crippen LogP contribution in [0.3, 0.4) is 0 Å². The normalized spacial score (nSPS) is 11.5. The van der Waals surface area contributed by atoms with Crippen LogP contribution in [-0.4, -0.2) is 26.2 Å². The summed E-state index contributed by atoms with van der Waals surface area (Å²) in [5, 5.41) is 3.08. The highest BCUT2D eigenvalue weighted by Crippen LogP contribution is 2.23. The van der Waals surface area contributed by atoms with E-state index in [1.807, 2.05) is 55.5 Å². The molecule has 0 fully saturated rings. The average Bonchev–Trinajstić information content (AvgIpc) is 2.82. The summed E-state index contributed by atoms with van der Waals surface area (Å²) in [7, 11) is 3.23. The lowest BCUT2D eigenvalue weighted by Crippen LogP contribution is -2.33. The van der Waals surface area contributed by atoms with E-state index in [0.29, 0.717) is 23.7 Å². The molecule has 0 saturated carbocycles. The quantitative estimate of drug-likeness (QED) is 0.501. The third-order valence-electron chi connectivity index (χ3n) is 5.08. The van der Waals surface area contributed by atoms with Gasteiger partial charge in [-0.25, -0.2) is 0 Å². The van der Waals surface area contributed by atoms with Crippen LogP contribution in [0.25, 0.3) is 0 Å². The first-order chi connectivity index (χ1) is 15.1. The molecule has 0 saturated heterocycles. The number of methoxy groups -OCH3 is 2. The number of ether oxygens (including phenoxy) is 3. The molecule has 5 heteroatoms. The van der Waals surface area contributed by atoms with Gasteiger partial charge in [0, 0.05) is 17.2 Å². The molecule has 162 valence electrons. The molecule has 0 unspecified atom stereocenters. The number of hydrogen-bond donors (Lipinski definition) is 1. The summed E-state index contributed by atoms with van der Waals surface area (Å²) < 4.78 is 16.5. The third kappa shape index (κ3) is 6.51. The third-order valence-corrected chi connectivity index (χ3v) is 5.08. The summed E-state index contributed by atoms with van der Waals surface area (Å²) in [6, 6.07) is 23.1. The number of rotatable bonds is 10. The van der Waals surface area contributed by atoms with Crippen LogP contribution in [-0.2, 0) is 13.0 Å². The molecule has 0 aliphatic carbocycles. The number of carbonyl (C=O) groups is 1. The van der Waals surface area contributed by atoms with Crippen molar-refractivity contribution in [1.29, 1.82) is 0 Å². The van der Waals surface area contributed by atoms with E-state index in [4.69, 9.17) is 14.2 Å². The van der Waals surface area contributed by atoms with E-state index < -0.39 is 0 Å². The zero-order chi connectivity index (χ0) is 22.1. The van der Waals surface area contributed by atoms with Crippen molar-refractivity contribution in [2.45, 2.75) is 32.4 Å². The highest BCUT2D eigenvalue weighted by molar-refractivity contribution is 5.94. The van der Waals surface area contributed by atoms with Gasteiger partial charge in [-0.3, -0.25) is 4.79 Å². The Morgan fingerprint density at radius 1 is 0.903 bits per heavy atom. The number of amides is 1. The SMILES string of the molecule is COc1ccc(OCc2cc(C(=O)N[C@@H](C)CCc3ccccc3)ccc2OC)cc1. The number of aryl methyl sites for hydroxylation is 1. The maximum Gasteiger partial charge on any atom is 0.251 e. The molecule has 3 aromatic carbocycles. The van der Waals surface area contributed by atoms with E-state index in [1.54, 1.807) is 26.4 Å². The zero-order valence-electron chi connectivity index (χ0n) is 18.3. The molecule has 0 heterocycles. The van der Waals surface area contributed by atoms with E-state index in [0.717, 1.165) is 24.2 Å². The zero-order valence-corrected chi connectivity index (χ0v) is 18.3. The Balaban J connectivity index is 1.60. The van der Waals surface area contributed by atoms with Gasteiger partial charge in [0.2, 0.25) is 0 Å². The summed E-state index contributed by atoms with van der Waals surface area (Å²) in [4.78, 5) is 12.8. The Bertz CT molecular complexity index is 970. The van der Waals surface area contributed by atoms with Crippen molar-refractivity contribution in [3.8, 4) is 17.2 Å². The monoisotopic (exact) mass is 419 g/mol. The average molecular weight is 420 g/mol. The van der Waals surface area contributed by atoms with Crippen LogP contribution >= 0.6 is 0 Å². The fraction of sp³-hybridized carbons (Fsp3) is 0.269. The van der Waals surface area contributed by atoms with Crippen molar-refractivity contribution in [2.75, 3.05) is 14.2 Å². The van der Waals surface area contributed by atoms with Crippen LogP contribution < -0.4 is 19.5 Å². The highest BCUT2D eigenvalue weighted by Gasteiger charge is 2.13. The molecule has 0 radical (unpaired) electrons. The molecular formula is C26H29NO4. The van der Waals surface area contributed by atoms with E-state index in [9.17, 15) is 4.79 Å². The Labute approximate surface area is 184 Å². The van der Waals surface area contributed by atoms with E-state index in [-0.39, 0.29) is 11.9 Å². The van der Waals surface area contributed by atoms with Crippen LogP contribution in [0.4, 0.5) is 0 Å². The molecular weight excluding hydrogens is 390 g/mol. The van der Waals surface area contributed by atoms with Crippen molar-refractivity contribution in [1.82, 2.24) is 5.32 Å². The summed E-state index contributed by atoms with van der Waals surface area (Å²) >= 11 is 0. The van der Waals surface area contributed by atoms with Gasteiger partial charge in [-0.2, -0.15) is 0 Å². The van der Waals surface area contributed by atoms with Crippen molar-refractivity contribution < 1.29 is 19.0 Å². The Kier molecular flexibility index (Phi) is 7.93. The van der Waals surface area contributed by atoms with Crippen LogP contribution in [0.2, 0.25) is 0 Å². The fourth-order valence-corrected chi connectivity index (χ4v) is 3.27. The van der Waals surface area contributed by atoms with Gasteiger partial charge in [0.05, 0.1) is 14.2 Å². The van der Waals surface area contributed by atoms with E-state index in [2.05, 4.69) is 17.4 Å². The van der Waals surface area contributed by atoms with Gasteiger partial charge in [0.15, 0.2) is 0 Å². The minimum absolute atomic E-state index is 0.0637. The van der Waals surface area contributed by atoms with Gasteiger partial charge in [0.25, 0.3) is 5.91 Å². The van der Waals surface area contributed by atoms with Gasteiger partial charge in [0.1, 0.15) is 23.9 Å². The first-order valence-electron chi connectivity index (χ1n) is 10.4. The van der Waals surface area contributed by atoms with Crippen molar-refractivity contribution in [2.24, 2.45) is 0 Å². The largest absolute Gasteiger partial charge is 0.497 e. The predicted octanol–water partition coefficient (Wildman–Crippen LogP) is 5.03. The van der Waals surface area contributed by atoms with Crippen LogP contribution in [0.1, 0.15) is 34.8 Å². The van der Waals surface area contributed by atoms with Gasteiger partial charge in [-0.1, -0.05) is 30.3 Å². The number of hydrogen-bond acceptors (Lipinski definition) is 4. The lowest BCUT2D eigenvalue weighted by Gasteiger charge is -2.16. The number of carbonyl (C=O) groups excluding carboxylic acids is 1. The molecule has 31 heavy (non-hydrogen) atoms. The maximum absolute atomic E-state index is 12.8. The highest BCUT2D eigenvalue weighted by atomic mass is 16.5. The smallest absolute Gasteiger partial charge is 0.251 e. The second kappa shape index (κ2) is 11.1. The van der Waals surface area contributed by atoms with Gasteiger partial charge in [-0.05, 0) is 67.8 Å². The van der Waals surface area contributed by atoms with Crippen LogP contribution in [0.5, 0.6) is 17.2 Å². The van der Waals surface area contributed by atoms with Crippen LogP contribution in [0.15, 0.2) is 72.8 Å². The molecule has 5 nitrogen and oxygen atoms in total. The fourth-order valence-electron chi connectivity index (χ4n) is 3.27. The molecule has 0 spiro atoms. The first kappa shape index (κ1) is 22.2. The molecule has 0 aromatic heterocycles. The molecule has 1 atom stereocenters. The molecule has 0 aliphatic heterocycles. The molecule has 1 N–H and O–H groups in total. The number of nitrogens with one attached hydrogen (secondary N) is 1. The maximum atomic E-state index is 12.8. The van der Waals surface area contributed by atoms with Gasteiger partial charge < -0.3 is 19.5 Å². The lowest BCUT2D eigenvalue weighted by molar-refractivity contribution is 0.0938. The Morgan fingerprint density at radius 2 is 1.61 bits per heavy atom. The summed E-state index contributed by atoms with van der Waals surface area (Å²) in [6.45, 7) is 2.32. The Hall–Kier alpha value is -3.47. The minimum Gasteiger partial charge on any atom is -0.497 e. The van der Waals surface area contributed by atoms with Crippen molar-refractivity contribution in [3.63, 3.8) is 0 Å². The van der Waals surface area contributed by atoms with Crippen molar-refractivity contribution >= 4 is 5.91 Å². The number of benzene rings is 3. The molecule has 1 amide bonds. The molecule has 0 aliphatic rings. The molecule has 3 aromatic rings. The second-order valence-electron chi connectivity index (χ2n) is 7.39. The van der Waals surface area contributed by atoms with Crippen LogP contribution in [0, 0.1) is 0 Å². The molecule has 3 rings (SSSR count). The standard InChI is InChI=1S/C26H29NO4/c1-19(9-10-20-7-5-4-6-8-20)27-26(28)21-11-16-25(30-3)22(17-21)18-31-24-14-12-23(29-2)13-15-24/h4-8,11-17,19H,9-10,18H2,1-3H3,(H,27,28)/t19-/m0/s1. The predicted molar refractivity (Wildman–Crippen MR) is 122 cm³/mol. The van der Waals surface area contributed by atoms with Crippen molar-refractivity contribution in [3.05, 3.63) is 89.5 Å². The topological polar surface area (TPSA) is 56.8 Å². The first-order valence-corrected chi connectivity index (χ1v) is 10.4. The second-order valence-corrected chi connectivity index (χ2v) is 7.39. The lowest BCUT2D eigenvalue weighted by atomic mass is 10.1.